The lowest BCUT2D eigenvalue weighted by Crippen LogP contribution is -2.64. The SMILES string of the molecule is Cc1c(-c2ccc(-c3ccc4c(c3)N(C(=O)Nc3nc5ccccc5s3)CCN4C)nc2C(=O)O)cnn1CC12CC3(C)CC(C)(C1)CC(OCCN(C)C(=O)OCC=Cc1ccc(O[C@@H]4O[C@H](C(=O)O)[C@@H](O)[C@H](O)[C@H]4O)c(NC(=O)CCN)c1)(C3)C2. The average molecular weight is 1210 g/mol. The average Bonchev–Trinajstić information content (AvgIpc) is 1.05. The minimum Gasteiger partial charge on any atom is -0.479 e. The number of hydrogen-bond acceptors (Lipinski definition) is 18. The number of ether oxygens (including phenoxy) is 4. The summed E-state index contributed by atoms with van der Waals surface area (Å²) >= 11 is 1.40. The largest absolute Gasteiger partial charge is 0.479 e. The van der Waals surface area contributed by atoms with Crippen LogP contribution in [0.25, 0.3) is 38.7 Å². The third-order valence-corrected chi connectivity index (χ3v) is 18.4. The topological polar surface area (TPSA) is 327 Å². The standard InChI is InChI=1S/C62H72N10O14S/c1-35-39(38-14-15-40(66-48(38)53(77)78)37-13-16-43-44(26-37)71(21-20-69(43)4)57(81)68-56-67-41-10-6-7-11-46(41)87-56)27-64-72(35)34-61-29-59(2)28-60(3,30-61)32-62(31-59,33-61)84-24-22-70(5)58(82)83-23-8-9-36-12-17-45(42(25-36)65-47(73)18-19-63)85-55-51(76)49(74)50(75)52(86-55)54(79)80/h6-17,25-27,49-52,55,74-76H,18-24,28-34,63H2,1-5H3,(H,65,73)(H,77,78)(H,79,80)(H,67,68,81)/t49-,50-,51+,52-,55+,59?,60?,61?,62?/m0/s1. The number of carbonyl (C=O) groups excluding carboxylic acids is 3. The van der Waals surface area contributed by atoms with E-state index in [4.69, 9.17) is 34.8 Å². The van der Waals surface area contributed by atoms with Gasteiger partial charge < -0.3 is 65.3 Å². The van der Waals surface area contributed by atoms with Gasteiger partial charge in [-0.3, -0.25) is 19.7 Å². The van der Waals surface area contributed by atoms with Crippen molar-refractivity contribution >= 4 is 79.8 Å². The van der Waals surface area contributed by atoms with Crippen LogP contribution in [0.4, 0.5) is 31.8 Å². The molecule has 3 aromatic carbocycles. The molecule has 12 rings (SSSR count). The maximum absolute atomic E-state index is 13.8. The predicted molar refractivity (Wildman–Crippen MR) is 324 cm³/mol. The number of aliphatic hydroxyl groups excluding tert-OH is 3. The van der Waals surface area contributed by atoms with E-state index in [9.17, 15) is 49.5 Å². The molecule has 460 valence electrons. The summed E-state index contributed by atoms with van der Waals surface area (Å²) in [6, 6.07) is 21.2. The molecule has 3 aromatic heterocycles. The maximum atomic E-state index is 13.8. The Bertz CT molecular complexity index is 3630. The number of nitrogens with two attached hydrogens (primary N) is 1. The molecule has 6 aliphatic rings. The van der Waals surface area contributed by atoms with Gasteiger partial charge in [0.1, 0.15) is 30.7 Å². The Morgan fingerprint density at radius 2 is 1.64 bits per heavy atom. The summed E-state index contributed by atoms with van der Waals surface area (Å²) in [5, 5.41) is 62.2. The molecule has 2 unspecified atom stereocenters. The zero-order chi connectivity index (χ0) is 61.7. The van der Waals surface area contributed by atoms with Gasteiger partial charge in [0.2, 0.25) is 12.2 Å². The van der Waals surface area contributed by atoms with Crippen molar-refractivity contribution in [3.05, 3.63) is 102 Å². The van der Waals surface area contributed by atoms with Crippen molar-refractivity contribution in [1.29, 1.82) is 0 Å². The molecule has 7 atom stereocenters. The number of urea groups is 1. The quantitative estimate of drug-likeness (QED) is 0.0397. The number of aromatic nitrogens is 4. The van der Waals surface area contributed by atoms with Crippen LogP contribution < -0.4 is 30.9 Å². The first-order valence-electron chi connectivity index (χ1n) is 28.9. The number of carboxylic acids is 2. The lowest BCUT2D eigenvalue weighted by molar-refractivity contribution is -0.271. The van der Waals surface area contributed by atoms with Crippen LogP contribution in [0.15, 0.2) is 85.1 Å². The van der Waals surface area contributed by atoms with E-state index in [0.717, 1.165) is 60.1 Å². The molecule has 1 saturated heterocycles. The summed E-state index contributed by atoms with van der Waals surface area (Å²) in [6.45, 7) is 8.83. The Labute approximate surface area is 505 Å². The molecule has 5 fully saturated rings. The van der Waals surface area contributed by atoms with Crippen LogP contribution in [-0.2, 0) is 30.3 Å². The minimum absolute atomic E-state index is 0.000238. The van der Waals surface area contributed by atoms with Crippen LogP contribution in [-0.4, -0.2) is 170 Å². The number of aliphatic hydroxyl groups is 3. The van der Waals surface area contributed by atoms with Crippen LogP contribution >= 0.6 is 11.3 Å². The molecule has 4 saturated carbocycles. The number of para-hydroxylation sites is 1. The molecule has 4 bridgehead atoms. The molecule has 4 amide bonds. The molecule has 4 aliphatic carbocycles. The first kappa shape index (κ1) is 60.6. The van der Waals surface area contributed by atoms with Crippen LogP contribution in [0, 0.1) is 23.2 Å². The summed E-state index contributed by atoms with van der Waals surface area (Å²) in [7, 11) is 3.61. The fraction of sp³-hybridized carbons (Fsp3) is 0.452. The van der Waals surface area contributed by atoms with Gasteiger partial charge in [0.25, 0.3) is 0 Å². The van der Waals surface area contributed by atoms with Crippen molar-refractivity contribution in [1.82, 2.24) is 24.6 Å². The van der Waals surface area contributed by atoms with Gasteiger partial charge in [-0.2, -0.15) is 5.10 Å². The van der Waals surface area contributed by atoms with Gasteiger partial charge in [-0.25, -0.2) is 29.1 Å². The number of pyridine rings is 1. The Morgan fingerprint density at radius 1 is 0.874 bits per heavy atom. The molecule has 87 heavy (non-hydrogen) atoms. The van der Waals surface area contributed by atoms with E-state index in [0.29, 0.717) is 58.4 Å². The second-order valence-electron chi connectivity index (χ2n) is 24.7. The van der Waals surface area contributed by atoms with E-state index in [1.54, 1.807) is 42.4 Å². The third kappa shape index (κ3) is 12.5. The van der Waals surface area contributed by atoms with Gasteiger partial charge in [0.05, 0.1) is 51.4 Å². The van der Waals surface area contributed by atoms with Gasteiger partial charge in [-0.05, 0) is 122 Å². The van der Waals surface area contributed by atoms with Gasteiger partial charge in [-0.15, -0.1) is 0 Å². The number of fused-ring (bicyclic) bond motifs is 2. The lowest BCUT2D eigenvalue weighted by atomic mass is 9.39. The van der Waals surface area contributed by atoms with Crippen molar-refractivity contribution in [2.24, 2.45) is 22.0 Å². The number of nitrogens with zero attached hydrogens (tertiary/aromatic N) is 7. The van der Waals surface area contributed by atoms with Crippen LogP contribution in [0.5, 0.6) is 5.75 Å². The van der Waals surface area contributed by atoms with Crippen LogP contribution in [0.1, 0.15) is 80.5 Å². The van der Waals surface area contributed by atoms with E-state index in [1.165, 1.54) is 28.4 Å². The Morgan fingerprint density at radius 3 is 2.38 bits per heavy atom. The summed E-state index contributed by atoms with van der Waals surface area (Å²) in [5.41, 5.74) is 10.9. The summed E-state index contributed by atoms with van der Waals surface area (Å²) < 4.78 is 26.5. The zero-order valence-electron chi connectivity index (χ0n) is 49.0. The highest BCUT2D eigenvalue weighted by Crippen LogP contribution is 2.72. The highest BCUT2D eigenvalue weighted by atomic mass is 32.1. The highest BCUT2D eigenvalue weighted by molar-refractivity contribution is 7.22. The second-order valence-corrected chi connectivity index (χ2v) is 25.7. The number of likely N-dealkylation sites (N-methyl/N-ethyl adjacent to an activating group) is 2. The Kier molecular flexibility index (Phi) is 16.7. The molecular weight excluding hydrogens is 1140 g/mol. The fourth-order valence-corrected chi connectivity index (χ4v) is 15.6. The molecule has 0 radical (unpaired) electrons. The summed E-state index contributed by atoms with van der Waals surface area (Å²) in [6.07, 6.45) is 0.710. The number of nitrogens with one attached hydrogen (secondary N) is 2. The third-order valence-electron chi connectivity index (χ3n) is 17.5. The number of aromatic carboxylic acids is 1. The number of benzene rings is 3. The predicted octanol–water partition coefficient (Wildman–Crippen LogP) is 7.19. The smallest absolute Gasteiger partial charge is 0.409 e. The number of rotatable bonds is 19. The molecule has 9 N–H and O–H groups in total. The van der Waals surface area contributed by atoms with E-state index in [2.05, 4.69) is 34.4 Å². The molecule has 24 nitrogen and oxygen atoms in total. The summed E-state index contributed by atoms with van der Waals surface area (Å²) in [5.74, 6) is -3.26. The number of aliphatic carboxylic acids is 1. The van der Waals surface area contributed by atoms with Crippen molar-refractivity contribution < 1.29 is 68.5 Å². The van der Waals surface area contributed by atoms with E-state index >= 15 is 0 Å². The number of thiazole rings is 1. The normalized spacial score (nSPS) is 26.4. The van der Waals surface area contributed by atoms with Crippen molar-refractivity contribution in [2.75, 3.05) is 73.9 Å². The molecular formula is C62H72N10O14S. The van der Waals surface area contributed by atoms with Gasteiger partial charge in [-0.1, -0.05) is 55.5 Å². The number of amides is 4. The molecule has 0 spiro atoms. The lowest BCUT2D eigenvalue weighted by Gasteiger charge is -2.69. The van der Waals surface area contributed by atoms with Gasteiger partial charge in [0.15, 0.2) is 16.9 Å². The van der Waals surface area contributed by atoms with Crippen molar-refractivity contribution in [3.8, 4) is 28.1 Å². The first-order valence-corrected chi connectivity index (χ1v) is 29.8. The first-order chi connectivity index (χ1) is 41.5. The zero-order valence-corrected chi connectivity index (χ0v) is 49.8. The van der Waals surface area contributed by atoms with Crippen LogP contribution in [0.3, 0.4) is 0 Å². The van der Waals surface area contributed by atoms with Gasteiger partial charge in [0, 0.05) is 75.6 Å². The second kappa shape index (κ2) is 23.9. The van der Waals surface area contributed by atoms with E-state index < -0.39 is 60.2 Å². The monoisotopic (exact) mass is 1210 g/mol. The molecule has 5 heterocycles. The minimum atomic E-state index is -1.92. The Hall–Kier alpha value is -8.04. The molecule has 6 aromatic rings. The number of anilines is 4. The van der Waals surface area contributed by atoms with E-state index in [1.807, 2.05) is 67.2 Å². The molecule has 2 aliphatic heterocycles. The Balaban J connectivity index is 0.725. The highest BCUT2D eigenvalue weighted by Gasteiger charge is 2.66. The number of carboxylic acid groups (broad SMARTS) is 2. The van der Waals surface area contributed by atoms with Crippen LogP contribution in [0.2, 0.25) is 0 Å². The van der Waals surface area contributed by atoms with E-state index in [-0.39, 0.29) is 72.1 Å². The number of carbonyl (C=O) groups is 5. The molecule has 25 heteroatoms. The summed E-state index contributed by atoms with van der Waals surface area (Å²) in [4.78, 5) is 79.1. The van der Waals surface area contributed by atoms with Crippen molar-refractivity contribution in [2.45, 2.75) is 109 Å². The van der Waals surface area contributed by atoms with Gasteiger partial charge >= 0.3 is 24.1 Å². The maximum Gasteiger partial charge on any atom is 0.409 e. The fourth-order valence-electron chi connectivity index (χ4n) is 14.7. The van der Waals surface area contributed by atoms with Crippen molar-refractivity contribution in [3.63, 3.8) is 0 Å². The number of hydrogen-bond donors (Lipinski definition) is 8.